The monoisotopic (exact) mass is 228 g/mol. The zero-order valence-corrected chi connectivity index (χ0v) is 11.2. The van der Waals surface area contributed by atoms with Gasteiger partial charge in [-0.25, -0.2) is 0 Å². The van der Waals surface area contributed by atoms with Crippen molar-refractivity contribution < 1.29 is 4.74 Å². The normalized spacial score (nSPS) is 26.4. The Hall–Kier alpha value is -0.120. The number of hydrogen-bond acceptors (Lipinski definition) is 3. The molecule has 1 heterocycles. The summed E-state index contributed by atoms with van der Waals surface area (Å²) < 4.78 is 5.29. The van der Waals surface area contributed by atoms with Crippen molar-refractivity contribution in [1.82, 2.24) is 10.2 Å². The molecule has 0 saturated carbocycles. The topological polar surface area (TPSA) is 24.5 Å². The summed E-state index contributed by atoms with van der Waals surface area (Å²) in [5.74, 6) is 0.882. The molecule has 0 radical (unpaired) electrons. The van der Waals surface area contributed by atoms with Gasteiger partial charge in [-0.15, -0.1) is 0 Å². The zero-order valence-electron chi connectivity index (χ0n) is 11.2. The van der Waals surface area contributed by atoms with Gasteiger partial charge in [0.05, 0.1) is 0 Å². The Morgan fingerprint density at radius 1 is 1.31 bits per heavy atom. The fraction of sp³-hybridized carbons (Fsp3) is 1.00. The number of rotatable bonds is 8. The van der Waals surface area contributed by atoms with Gasteiger partial charge in [0.1, 0.15) is 0 Å². The van der Waals surface area contributed by atoms with Crippen LogP contribution >= 0.6 is 0 Å². The van der Waals surface area contributed by atoms with E-state index in [9.17, 15) is 0 Å². The minimum Gasteiger partial charge on any atom is -0.382 e. The predicted octanol–water partition coefficient (Wildman–Crippen LogP) is 1.73. The van der Waals surface area contributed by atoms with Gasteiger partial charge in [0.2, 0.25) is 0 Å². The molecule has 1 N–H and O–H groups in total. The first-order valence-electron chi connectivity index (χ1n) is 6.76. The molecule has 0 amide bonds. The molecule has 16 heavy (non-hydrogen) atoms. The molecule has 3 nitrogen and oxygen atoms in total. The first-order chi connectivity index (χ1) is 7.74. The van der Waals surface area contributed by atoms with Crippen molar-refractivity contribution in [1.29, 1.82) is 0 Å². The molecule has 1 aliphatic rings. The number of likely N-dealkylation sites (tertiary alicyclic amines) is 1. The Kier molecular flexibility index (Phi) is 7.01. The van der Waals surface area contributed by atoms with Crippen LogP contribution in [0.3, 0.4) is 0 Å². The van der Waals surface area contributed by atoms with Crippen LogP contribution in [0.4, 0.5) is 0 Å². The third-order valence-electron chi connectivity index (χ3n) is 3.34. The largest absolute Gasteiger partial charge is 0.382 e. The Labute approximate surface area is 101 Å². The second-order valence-corrected chi connectivity index (χ2v) is 4.99. The lowest BCUT2D eigenvalue weighted by molar-refractivity contribution is 0.144. The zero-order chi connectivity index (χ0) is 11.8. The highest BCUT2D eigenvalue weighted by molar-refractivity contribution is 4.80. The third kappa shape index (κ3) is 5.28. The second kappa shape index (κ2) is 8.04. The summed E-state index contributed by atoms with van der Waals surface area (Å²) >= 11 is 0. The molecule has 1 fully saturated rings. The van der Waals surface area contributed by atoms with Crippen LogP contribution in [0.2, 0.25) is 0 Å². The fourth-order valence-corrected chi connectivity index (χ4v) is 2.49. The van der Waals surface area contributed by atoms with Crippen molar-refractivity contribution in [3.05, 3.63) is 0 Å². The lowest BCUT2D eigenvalue weighted by atomic mass is 10.1. The van der Waals surface area contributed by atoms with Gasteiger partial charge in [0.15, 0.2) is 0 Å². The first kappa shape index (κ1) is 13.9. The van der Waals surface area contributed by atoms with Crippen LogP contribution in [0.25, 0.3) is 0 Å². The quantitative estimate of drug-likeness (QED) is 0.640. The average Bonchev–Trinajstić information content (AvgIpc) is 2.56. The minimum absolute atomic E-state index is 0.778. The van der Waals surface area contributed by atoms with E-state index in [2.05, 4.69) is 24.1 Å². The van der Waals surface area contributed by atoms with Crippen LogP contribution in [0, 0.1) is 5.92 Å². The van der Waals surface area contributed by atoms with Gasteiger partial charge >= 0.3 is 0 Å². The van der Waals surface area contributed by atoms with Crippen LogP contribution in [0.15, 0.2) is 0 Å². The van der Waals surface area contributed by atoms with Crippen molar-refractivity contribution >= 4 is 0 Å². The third-order valence-corrected chi connectivity index (χ3v) is 3.34. The Morgan fingerprint density at radius 2 is 2.12 bits per heavy atom. The van der Waals surface area contributed by atoms with Gasteiger partial charge in [-0.2, -0.15) is 0 Å². The van der Waals surface area contributed by atoms with E-state index in [4.69, 9.17) is 4.74 Å². The minimum atomic E-state index is 0.778. The molecular weight excluding hydrogens is 200 g/mol. The number of hydrogen-bond donors (Lipinski definition) is 1. The number of nitrogens with zero attached hydrogens (tertiary/aromatic N) is 1. The van der Waals surface area contributed by atoms with Gasteiger partial charge in [0.25, 0.3) is 0 Å². The first-order valence-corrected chi connectivity index (χ1v) is 6.76. The van der Waals surface area contributed by atoms with Crippen molar-refractivity contribution in [2.45, 2.75) is 39.7 Å². The van der Waals surface area contributed by atoms with Crippen LogP contribution in [-0.2, 0) is 4.74 Å². The molecule has 0 aromatic heterocycles. The molecular formula is C13H28N2O. The van der Waals surface area contributed by atoms with Crippen molar-refractivity contribution in [3.8, 4) is 0 Å². The van der Waals surface area contributed by atoms with E-state index in [1.54, 1.807) is 0 Å². The molecule has 1 aliphatic heterocycles. The molecule has 0 bridgehead atoms. The van der Waals surface area contributed by atoms with Crippen LogP contribution in [-0.4, -0.2) is 50.3 Å². The van der Waals surface area contributed by atoms with E-state index in [0.29, 0.717) is 0 Å². The maximum atomic E-state index is 5.29. The lowest BCUT2D eigenvalue weighted by Gasteiger charge is -2.21. The van der Waals surface area contributed by atoms with E-state index in [-0.39, 0.29) is 0 Å². The van der Waals surface area contributed by atoms with Crippen LogP contribution in [0.5, 0.6) is 0 Å². The molecule has 1 saturated heterocycles. The molecule has 0 aliphatic carbocycles. The number of ether oxygens (including phenoxy) is 1. The van der Waals surface area contributed by atoms with Gasteiger partial charge in [-0.1, -0.05) is 6.92 Å². The molecule has 0 spiro atoms. The van der Waals surface area contributed by atoms with Crippen molar-refractivity contribution in [3.63, 3.8) is 0 Å². The van der Waals surface area contributed by atoms with Crippen LogP contribution < -0.4 is 5.32 Å². The Balaban J connectivity index is 1.91. The highest BCUT2D eigenvalue weighted by atomic mass is 16.5. The molecule has 96 valence electrons. The molecule has 3 heteroatoms. The van der Waals surface area contributed by atoms with Crippen LogP contribution in [0.1, 0.15) is 33.6 Å². The van der Waals surface area contributed by atoms with Gasteiger partial charge in [0, 0.05) is 38.9 Å². The molecule has 0 aromatic carbocycles. The Morgan fingerprint density at radius 3 is 2.75 bits per heavy atom. The molecule has 2 atom stereocenters. The standard InChI is InChI=1S/C13H28N2O/c1-4-16-9-5-6-14-7-8-15-11-12(2)10-13(15)3/h12-14H,4-11H2,1-3H3. The highest BCUT2D eigenvalue weighted by Gasteiger charge is 2.24. The highest BCUT2D eigenvalue weighted by Crippen LogP contribution is 2.21. The predicted molar refractivity (Wildman–Crippen MR) is 68.8 cm³/mol. The average molecular weight is 228 g/mol. The maximum absolute atomic E-state index is 5.29. The smallest absolute Gasteiger partial charge is 0.0477 e. The van der Waals surface area contributed by atoms with E-state index < -0.39 is 0 Å². The lowest BCUT2D eigenvalue weighted by Crippen LogP contribution is -2.34. The molecule has 1 rings (SSSR count). The SMILES string of the molecule is CCOCCCNCCN1CC(C)CC1C. The summed E-state index contributed by atoms with van der Waals surface area (Å²) in [5, 5.41) is 3.48. The summed E-state index contributed by atoms with van der Waals surface area (Å²) in [4.78, 5) is 2.60. The maximum Gasteiger partial charge on any atom is 0.0477 e. The van der Waals surface area contributed by atoms with Crippen molar-refractivity contribution in [2.75, 3.05) is 39.4 Å². The summed E-state index contributed by atoms with van der Waals surface area (Å²) in [7, 11) is 0. The van der Waals surface area contributed by atoms with E-state index >= 15 is 0 Å². The van der Waals surface area contributed by atoms with E-state index in [1.807, 2.05) is 6.92 Å². The summed E-state index contributed by atoms with van der Waals surface area (Å²) in [6.45, 7) is 13.1. The number of nitrogens with one attached hydrogen (secondary N) is 1. The summed E-state index contributed by atoms with van der Waals surface area (Å²) in [6, 6.07) is 0.778. The van der Waals surface area contributed by atoms with E-state index in [1.165, 1.54) is 19.5 Å². The van der Waals surface area contributed by atoms with Gasteiger partial charge < -0.3 is 10.1 Å². The van der Waals surface area contributed by atoms with Gasteiger partial charge in [-0.3, -0.25) is 4.90 Å². The molecule has 0 aromatic rings. The Bertz CT molecular complexity index is 175. The van der Waals surface area contributed by atoms with E-state index in [0.717, 1.165) is 44.7 Å². The second-order valence-electron chi connectivity index (χ2n) is 4.99. The van der Waals surface area contributed by atoms with Gasteiger partial charge in [-0.05, 0) is 39.2 Å². The fourth-order valence-electron chi connectivity index (χ4n) is 2.49. The van der Waals surface area contributed by atoms with Crippen molar-refractivity contribution in [2.24, 2.45) is 5.92 Å². The molecule has 2 unspecified atom stereocenters. The summed E-state index contributed by atoms with van der Waals surface area (Å²) in [5.41, 5.74) is 0. The summed E-state index contributed by atoms with van der Waals surface area (Å²) in [6.07, 6.45) is 2.49.